The zero-order valence-electron chi connectivity index (χ0n) is 11.4. The van der Waals surface area contributed by atoms with Crippen LogP contribution in [0.25, 0.3) is 0 Å². The van der Waals surface area contributed by atoms with Gasteiger partial charge in [0.15, 0.2) is 0 Å². The number of ether oxygens (including phenoxy) is 1. The third-order valence-electron chi connectivity index (χ3n) is 3.03. The first-order chi connectivity index (χ1) is 10.0. The van der Waals surface area contributed by atoms with Crippen LogP contribution in [0.4, 0.5) is 4.39 Å². The quantitative estimate of drug-likeness (QED) is 0.930. The molecule has 0 unspecified atom stereocenters. The molecule has 0 saturated carbocycles. The molecular weight excluding hydrogens is 291 g/mol. The van der Waals surface area contributed by atoms with Gasteiger partial charge in [0, 0.05) is 28.3 Å². The van der Waals surface area contributed by atoms with Gasteiger partial charge in [0.1, 0.15) is 18.2 Å². The molecule has 2 aromatic rings. The summed E-state index contributed by atoms with van der Waals surface area (Å²) in [6.45, 7) is 1.97. The second-order valence-electron chi connectivity index (χ2n) is 4.68. The molecular formula is C16H14ClFN2O. The highest BCUT2D eigenvalue weighted by Crippen LogP contribution is 2.27. The minimum atomic E-state index is -0.389. The first-order valence-electron chi connectivity index (χ1n) is 6.37. The molecule has 0 radical (unpaired) electrons. The maximum atomic E-state index is 13.3. The Morgan fingerprint density at radius 1 is 1.33 bits per heavy atom. The molecule has 2 rings (SSSR count). The van der Waals surface area contributed by atoms with Gasteiger partial charge in [-0.2, -0.15) is 5.26 Å². The van der Waals surface area contributed by atoms with E-state index in [1.165, 1.54) is 12.1 Å². The predicted molar refractivity (Wildman–Crippen MR) is 79.5 cm³/mol. The van der Waals surface area contributed by atoms with Crippen LogP contribution in [0.5, 0.6) is 5.75 Å². The third kappa shape index (κ3) is 3.72. The first-order valence-corrected chi connectivity index (χ1v) is 6.75. The Bertz CT molecular complexity index is 695. The van der Waals surface area contributed by atoms with E-state index in [0.29, 0.717) is 16.3 Å². The van der Waals surface area contributed by atoms with Gasteiger partial charge < -0.3 is 10.5 Å². The average Bonchev–Trinajstić information content (AvgIpc) is 2.45. The standard InChI is InChI=1S/C16H14ClFN2O/c1-10(20)14-5-4-13(18)7-16(14)21-9-12-3-2-11(8-19)6-15(12)17/h2-7,10H,9,20H2,1H3/t10-/m0/s1. The van der Waals surface area contributed by atoms with Crippen LogP contribution in [0, 0.1) is 17.1 Å². The maximum Gasteiger partial charge on any atom is 0.127 e. The molecule has 0 heterocycles. The van der Waals surface area contributed by atoms with E-state index >= 15 is 0 Å². The number of benzene rings is 2. The lowest BCUT2D eigenvalue weighted by Gasteiger charge is -2.14. The van der Waals surface area contributed by atoms with Crippen LogP contribution >= 0.6 is 11.6 Å². The van der Waals surface area contributed by atoms with E-state index in [-0.39, 0.29) is 18.5 Å². The van der Waals surface area contributed by atoms with Crippen molar-refractivity contribution in [2.75, 3.05) is 0 Å². The van der Waals surface area contributed by atoms with Crippen LogP contribution in [0.15, 0.2) is 36.4 Å². The van der Waals surface area contributed by atoms with E-state index in [4.69, 9.17) is 27.3 Å². The molecule has 5 heteroatoms. The molecule has 0 saturated heterocycles. The number of nitrogens with two attached hydrogens (primary N) is 1. The van der Waals surface area contributed by atoms with Crippen molar-refractivity contribution in [2.24, 2.45) is 5.73 Å². The summed E-state index contributed by atoms with van der Waals surface area (Å²) in [4.78, 5) is 0. The monoisotopic (exact) mass is 304 g/mol. The first kappa shape index (κ1) is 15.3. The van der Waals surface area contributed by atoms with Gasteiger partial charge in [-0.15, -0.1) is 0 Å². The number of rotatable bonds is 4. The minimum Gasteiger partial charge on any atom is -0.488 e. The molecule has 21 heavy (non-hydrogen) atoms. The lowest BCUT2D eigenvalue weighted by atomic mass is 10.1. The fraction of sp³-hybridized carbons (Fsp3) is 0.188. The van der Waals surface area contributed by atoms with Crippen molar-refractivity contribution in [3.05, 3.63) is 63.9 Å². The molecule has 0 aliphatic rings. The smallest absolute Gasteiger partial charge is 0.127 e. The summed E-state index contributed by atoms with van der Waals surface area (Å²) in [6.07, 6.45) is 0. The van der Waals surface area contributed by atoms with Crippen molar-refractivity contribution in [1.82, 2.24) is 0 Å². The van der Waals surface area contributed by atoms with Crippen molar-refractivity contribution < 1.29 is 9.13 Å². The van der Waals surface area contributed by atoms with Crippen molar-refractivity contribution in [1.29, 1.82) is 5.26 Å². The van der Waals surface area contributed by atoms with Crippen molar-refractivity contribution >= 4 is 11.6 Å². The van der Waals surface area contributed by atoms with Crippen LogP contribution in [-0.2, 0) is 6.61 Å². The summed E-state index contributed by atoms with van der Waals surface area (Å²) in [5.74, 6) is 0.00533. The number of hydrogen-bond donors (Lipinski definition) is 1. The maximum absolute atomic E-state index is 13.3. The molecule has 0 amide bonds. The molecule has 0 fully saturated rings. The Labute approximate surface area is 127 Å². The Balaban J connectivity index is 2.20. The number of nitriles is 1. The summed E-state index contributed by atoms with van der Waals surface area (Å²) in [6, 6.07) is 10.9. The lowest BCUT2D eigenvalue weighted by molar-refractivity contribution is 0.300. The van der Waals surface area contributed by atoms with E-state index in [9.17, 15) is 4.39 Å². The van der Waals surface area contributed by atoms with Gasteiger partial charge in [-0.25, -0.2) is 4.39 Å². The summed E-state index contributed by atoms with van der Waals surface area (Å²) < 4.78 is 19.0. The molecule has 0 aliphatic carbocycles. The number of nitrogens with zero attached hydrogens (tertiary/aromatic N) is 1. The molecule has 108 valence electrons. The van der Waals surface area contributed by atoms with Crippen LogP contribution in [0.3, 0.4) is 0 Å². The van der Waals surface area contributed by atoms with Gasteiger partial charge in [-0.3, -0.25) is 0 Å². The van der Waals surface area contributed by atoms with Gasteiger partial charge in [0.25, 0.3) is 0 Å². The van der Waals surface area contributed by atoms with Crippen LogP contribution in [-0.4, -0.2) is 0 Å². The zero-order chi connectivity index (χ0) is 15.4. The Hall–Kier alpha value is -2.09. The molecule has 3 nitrogen and oxygen atoms in total. The van der Waals surface area contributed by atoms with E-state index < -0.39 is 0 Å². The Morgan fingerprint density at radius 2 is 2.10 bits per heavy atom. The van der Waals surface area contributed by atoms with Crippen LogP contribution in [0.1, 0.15) is 29.7 Å². The van der Waals surface area contributed by atoms with Crippen molar-refractivity contribution in [3.63, 3.8) is 0 Å². The topological polar surface area (TPSA) is 59.0 Å². The summed E-state index contributed by atoms with van der Waals surface area (Å²) in [5, 5.41) is 9.23. The van der Waals surface area contributed by atoms with Gasteiger partial charge in [-0.1, -0.05) is 23.7 Å². The second kappa shape index (κ2) is 6.57. The molecule has 0 aromatic heterocycles. The van der Waals surface area contributed by atoms with Crippen LogP contribution in [0.2, 0.25) is 5.02 Å². The lowest BCUT2D eigenvalue weighted by Crippen LogP contribution is -2.08. The molecule has 0 spiro atoms. The van der Waals surface area contributed by atoms with Gasteiger partial charge in [-0.05, 0) is 25.1 Å². The number of hydrogen-bond acceptors (Lipinski definition) is 3. The zero-order valence-corrected chi connectivity index (χ0v) is 12.2. The molecule has 0 aliphatic heterocycles. The van der Waals surface area contributed by atoms with Gasteiger partial charge >= 0.3 is 0 Å². The average molecular weight is 305 g/mol. The summed E-state index contributed by atoms with van der Waals surface area (Å²) in [5.41, 5.74) is 7.76. The van der Waals surface area contributed by atoms with Gasteiger partial charge in [0.05, 0.1) is 11.6 Å². The number of halogens is 2. The fourth-order valence-electron chi connectivity index (χ4n) is 1.90. The van der Waals surface area contributed by atoms with Gasteiger partial charge in [0.2, 0.25) is 0 Å². The molecule has 1 atom stereocenters. The van der Waals surface area contributed by atoms with E-state index in [2.05, 4.69) is 0 Å². The highest BCUT2D eigenvalue weighted by Gasteiger charge is 2.11. The SMILES string of the molecule is C[C@H](N)c1ccc(F)cc1OCc1ccc(C#N)cc1Cl. The Morgan fingerprint density at radius 3 is 2.71 bits per heavy atom. The molecule has 2 N–H and O–H groups in total. The van der Waals surface area contributed by atoms with E-state index in [0.717, 1.165) is 11.1 Å². The highest BCUT2D eigenvalue weighted by molar-refractivity contribution is 6.31. The predicted octanol–water partition coefficient (Wildman–Crippen LogP) is 3.95. The van der Waals surface area contributed by atoms with Crippen molar-refractivity contribution in [2.45, 2.75) is 19.6 Å². The van der Waals surface area contributed by atoms with E-state index in [1.807, 2.05) is 6.07 Å². The molecule has 2 aromatic carbocycles. The summed E-state index contributed by atoms with van der Waals surface area (Å²) in [7, 11) is 0. The minimum absolute atomic E-state index is 0.174. The largest absolute Gasteiger partial charge is 0.488 e. The second-order valence-corrected chi connectivity index (χ2v) is 5.08. The fourth-order valence-corrected chi connectivity index (χ4v) is 2.13. The van der Waals surface area contributed by atoms with Crippen molar-refractivity contribution in [3.8, 4) is 11.8 Å². The molecule has 0 bridgehead atoms. The normalized spacial score (nSPS) is 11.8. The van der Waals surface area contributed by atoms with Crippen LogP contribution < -0.4 is 10.5 Å². The highest BCUT2D eigenvalue weighted by atomic mass is 35.5. The summed E-state index contributed by atoms with van der Waals surface area (Å²) >= 11 is 6.08. The Kier molecular flexibility index (Phi) is 4.79. The third-order valence-corrected chi connectivity index (χ3v) is 3.38. The van der Waals surface area contributed by atoms with E-state index in [1.54, 1.807) is 31.2 Å².